The summed E-state index contributed by atoms with van der Waals surface area (Å²) < 4.78 is 0. The van der Waals surface area contributed by atoms with E-state index in [9.17, 15) is 9.90 Å². The predicted molar refractivity (Wildman–Crippen MR) is 68.3 cm³/mol. The fourth-order valence-electron chi connectivity index (χ4n) is 2.69. The standard InChI is InChI=1S/C14H17ClO2/c15-12-6-4-5-11(9-12)13(10-16)14(17)7-2-1-3-8-14/h4-6,9-10,13,17H,1-3,7-8H2. The summed E-state index contributed by atoms with van der Waals surface area (Å²) in [7, 11) is 0. The van der Waals surface area contributed by atoms with Gasteiger partial charge in [-0.05, 0) is 30.5 Å². The highest BCUT2D eigenvalue weighted by Gasteiger charge is 2.38. The van der Waals surface area contributed by atoms with Crippen molar-refractivity contribution in [1.82, 2.24) is 0 Å². The molecule has 92 valence electrons. The Morgan fingerprint density at radius 1 is 1.29 bits per heavy atom. The number of rotatable bonds is 3. The van der Waals surface area contributed by atoms with Crippen LogP contribution in [0.4, 0.5) is 0 Å². The van der Waals surface area contributed by atoms with Gasteiger partial charge in [-0.2, -0.15) is 0 Å². The van der Waals surface area contributed by atoms with E-state index in [0.29, 0.717) is 17.9 Å². The lowest BCUT2D eigenvalue weighted by Gasteiger charge is -2.36. The van der Waals surface area contributed by atoms with Gasteiger partial charge in [-0.1, -0.05) is 43.0 Å². The zero-order valence-corrected chi connectivity index (χ0v) is 10.5. The van der Waals surface area contributed by atoms with Gasteiger partial charge in [-0.15, -0.1) is 0 Å². The van der Waals surface area contributed by atoms with E-state index < -0.39 is 11.5 Å². The molecule has 0 aliphatic heterocycles. The normalized spacial score (nSPS) is 20.8. The summed E-state index contributed by atoms with van der Waals surface area (Å²) >= 11 is 5.93. The van der Waals surface area contributed by atoms with Crippen LogP contribution in [0.2, 0.25) is 5.02 Å². The van der Waals surface area contributed by atoms with Crippen LogP contribution < -0.4 is 0 Å². The molecule has 1 aliphatic carbocycles. The Labute approximate surface area is 107 Å². The molecule has 1 aromatic rings. The number of aldehydes is 1. The largest absolute Gasteiger partial charge is 0.389 e. The Bertz CT molecular complexity index is 397. The van der Waals surface area contributed by atoms with Gasteiger partial charge in [0.05, 0.1) is 11.5 Å². The zero-order chi connectivity index (χ0) is 12.3. The monoisotopic (exact) mass is 252 g/mol. The lowest BCUT2D eigenvalue weighted by atomic mass is 9.73. The number of hydrogen-bond donors (Lipinski definition) is 1. The first-order valence-corrected chi connectivity index (χ1v) is 6.47. The minimum Gasteiger partial charge on any atom is -0.389 e. The predicted octanol–water partition coefficient (Wildman–Crippen LogP) is 3.32. The van der Waals surface area contributed by atoms with E-state index in [1.165, 1.54) is 0 Å². The van der Waals surface area contributed by atoms with E-state index in [2.05, 4.69) is 0 Å². The smallest absolute Gasteiger partial charge is 0.130 e. The van der Waals surface area contributed by atoms with Crippen molar-refractivity contribution >= 4 is 17.9 Å². The van der Waals surface area contributed by atoms with Crippen molar-refractivity contribution < 1.29 is 9.90 Å². The fraction of sp³-hybridized carbons (Fsp3) is 0.500. The highest BCUT2D eigenvalue weighted by atomic mass is 35.5. The van der Waals surface area contributed by atoms with Gasteiger partial charge in [-0.25, -0.2) is 0 Å². The van der Waals surface area contributed by atoms with Crippen molar-refractivity contribution in [3.63, 3.8) is 0 Å². The quantitative estimate of drug-likeness (QED) is 0.838. The third kappa shape index (κ3) is 2.70. The topological polar surface area (TPSA) is 37.3 Å². The van der Waals surface area contributed by atoms with Gasteiger partial charge in [-0.3, -0.25) is 0 Å². The first-order valence-electron chi connectivity index (χ1n) is 6.09. The molecular formula is C14H17ClO2. The number of carbonyl (C=O) groups excluding carboxylic acids is 1. The number of benzene rings is 1. The summed E-state index contributed by atoms with van der Waals surface area (Å²) in [5.74, 6) is -0.457. The molecule has 3 heteroatoms. The summed E-state index contributed by atoms with van der Waals surface area (Å²) in [6, 6.07) is 7.23. The minimum atomic E-state index is -0.884. The molecule has 1 unspecified atom stereocenters. The zero-order valence-electron chi connectivity index (χ0n) is 9.73. The maximum Gasteiger partial charge on any atom is 0.130 e. The molecule has 1 saturated carbocycles. The van der Waals surface area contributed by atoms with Crippen LogP contribution in [0.3, 0.4) is 0 Å². The molecule has 1 aliphatic rings. The minimum absolute atomic E-state index is 0.457. The molecule has 1 atom stereocenters. The van der Waals surface area contributed by atoms with Crippen molar-refractivity contribution in [3.8, 4) is 0 Å². The summed E-state index contributed by atoms with van der Waals surface area (Å²) in [6.07, 6.45) is 5.37. The third-order valence-corrected chi connectivity index (χ3v) is 3.88. The molecule has 0 saturated heterocycles. The Morgan fingerprint density at radius 2 is 2.00 bits per heavy atom. The number of aliphatic hydroxyl groups is 1. The summed E-state index contributed by atoms with van der Waals surface area (Å²) in [6.45, 7) is 0. The average Bonchev–Trinajstić information content (AvgIpc) is 2.30. The highest BCUT2D eigenvalue weighted by Crippen LogP contribution is 2.39. The lowest BCUT2D eigenvalue weighted by molar-refractivity contribution is -0.117. The van der Waals surface area contributed by atoms with Crippen LogP contribution in [-0.2, 0) is 4.79 Å². The van der Waals surface area contributed by atoms with E-state index in [1.807, 2.05) is 12.1 Å². The fourth-order valence-corrected chi connectivity index (χ4v) is 2.89. The summed E-state index contributed by atoms with van der Waals surface area (Å²) in [5.41, 5.74) is -0.0677. The van der Waals surface area contributed by atoms with Crippen molar-refractivity contribution in [2.45, 2.75) is 43.6 Å². The number of hydrogen-bond acceptors (Lipinski definition) is 2. The Hall–Kier alpha value is -0.860. The molecule has 0 amide bonds. The van der Waals surface area contributed by atoms with Crippen LogP contribution in [-0.4, -0.2) is 17.0 Å². The molecule has 2 rings (SSSR count). The first-order chi connectivity index (χ1) is 8.15. The maximum absolute atomic E-state index is 11.3. The Balaban J connectivity index is 2.29. The van der Waals surface area contributed by atoms with Crippen LogP contribution in [0.1, 0.15) is 43.6 Å². The van der Waals surface area contributed by atoms with E-state index in [4.69, 9.17) is 11.6 Å². The second-order valence-electron chi connectivity index (χ2n) is 4.83. The van der Waals surface area contributed by atoms with Crippen LogP contribution in [0.15, 0.2) is 24.3 Å². The van der Waals surface area contributed by atoms with E-state index in [-0.39, 0.29) is 0 Å². The summed E-state index contributed by atoms with van der Waals surface area (Å²) in [4.78, 5) is 11.3. The maximum atomic E-state index is 11.3. The second kappa shape index (κ2) is 5.19. The molecule has 1 fully saturated rings. The van der Waals surface area contributed by atoms with Gasteiger partial charge in [0.15, 0.2) is 0 Å². The molecule has 2 nitrogen and oxygen atoms in total. The Kier molecular flexibility index (Phi) is 3.85. The molecule has 1 aromatic carbocycles. The van der Waals surface area contributed by atoms with E-state index >= 15 is 0 Å². The molecule has 0 bridgehead atoms. The molecule has 17 heavy (non-hydrogen) atoms. The molecule has 0 heterocycles. The van der Waals surface area contributed by atoms with E-state index in [0.717, 1.165) is 31.1 Å². The second-order valence-corrected chi connectivity index (χ2v) is 5.27. The molecular weight excluding hydrogens is 236 g/mol. The van der Waals surface area contributed by atoms with Crippen molar-refractivity contribution in [2.75, 3.05) is 0 Å². The third-order valence-electron chi connectivity index (χ3n) is 3.64. The first kappa shape index (κ1) is 12.6. The molecule has 0 spiro atoms. The van der Waals surface area contributed by atoms with Gasteiger partial charge in [0, 0.05) is 5.02 Å². The van der Waals surface area contributed by atoms with E-state index in [1.54, 1.807) is 12.1 Å². The molecule has 0 aromatic heterocycles. The average molecular weight is 253 g/mol. The highest BCUT2D eigenvalue weighted by molar-refractivity contribution is 6.30. The van der Waals surface area contributed by atoms with Gasteiger partial charge >= 0.3 is 0 Å². The van der Waals surface area contributed by atoms with Crippen molar-refractivity contribution in [2.24, 2.45) is 0 Å². The van der Waals surface area contributed by atoms with Crippen molar-refractivity contribution in [1.29, 1.82) is 0 Å². The lowest BCUT2D eigenvalue weighted by Crippen LogP contribution is -2.39. The van der Waals surface area contributed by atoms with Crippen molar-refractivity contribution in [3.05, 3.63) is 34.9 Å². The van der Waals surface area contributed by atoms with Gasteiger partial charge in [0.2, 0.25) is 0 Å². The van der Waals surface area contributed by atoms with Gasteiger partial charge in [0.25, 0.3) is 0 Å². The van der Waals surface area contributed by atoms with Crippen LogP contribution in [0, 0.1) is 0 Å². The SMILES string of the molecule is O=CC(c1cccc(Cl)c1)C1(O)CCCCC1. The molecule has 1 N–H and O–H groups in total. The number of halogens is 1. The van der Waals surface area contributed by atoms with Crippen LogP contribution in [0.25, 0.3) is 0 Å². The molecule has 0 radical (unpaired) electrons. The van der Waals surface area contributed by atoms with Crippen LogP contribution in [0.5, 0.6) is 0 Å². The summed E-state index contributed by atoms with van der Waals surface area (Å²) in [5, 5.41) is 11.2. The number of carbonyl (C=O) groups is 1. The van der Waals surface area contributed by atoms with Crippen LogP contribution >= 0.6 is 11.6 Å². The van der Waals surface area contributed by atoms with Gasteiger partial charge in [0.1, 0.15) is 6.29 Å². The Morgan fingerprint density at radius 3 is 2.59 bits per heavy atom. The van der Waals surface area contributed by atoms with Gasteiger partial charge < -0.3 is 9.90 Å².